The van der Waals surface area contributed by atoms with Crippen molar-refractivity contribution in [2.75, 3.05) is 29.6 Å². The van der Waals surface area contributed by atoms with Gasteiger partial charge in [-0.3, -0.25) is 4.79 Å². The van der Waals surface area contributed by atoms with Crippen LogP contribution in [0.25, 0.3) is 0 Å². The lowest BCUT2D eigenvalue weighted by Crippen LogP contribution is -2.36. The molecule has 4 rings (SSSR count). The second-order valence-electron chi connectivity index (χ2n) is 9.44. The van der Waals surface area contributed by atoms with Gasteiger partial charge in [-0.15, -0.1) is 0 Å². The number of anilines is 2. The first-order valence-corrected chi connectivity index (χ1v) is 14.0. The maximum atomic E-state index is 13.5. The molecule has 3 N–H and O–H groups in total. The zero-order chi connectivity index (χ0) is 26.0. The summed E-state index contributed by atoms with van der Waals surface area (Å²) in [4.78, 5) is 40.9. The van der Waals surface area contributed by atoms with E-state index in [1.54, 1.807) is 31.3 Å². The predicted octanol–water partition coefficient (Wildman–Crippen LogP) is 4.94. The fraction of sp³-hybridized carbons (Fsp3) is 0.423. The van der Waals surface area contributed by atoms with Gasteiger partial charge in [-0.05, 0) is 54.3 Å². The van der Waals surface area contributed by atoms with Crippen molar-refractivity contribution >= 4 is 39.0 Å². The molecule has 2 aromatic carbocycles. The summed E-state index contributed by atoms with van der Waals surface area (Å²) in [5.74, 6) is -1.37. The summed E-state index contributed by atoms with van der Waals surface area (Å²) in [5, 5.41) is 12.4. The molecule has 0 spiro atoms. The van der Waals surface area contributed by atoms with E-state index in [1.165, 1.54) is 15.9 Å². The summed E-state index contributed by atoms with van der Waals surface area (Å²) in [6.45, 7) is 2.76. The van der Waals surface area contributed by atoms with E-state index in [1.807, 2.05) is 0 Å². The Balaban J connectivity index is 1.58. The standard InChI is InChI=1S/C26H32N4O5S/c1-3-4-5-6-7-12-36(27,35)19-8-9-23-17(13-19)10-11-30(23)24(31)20-14-18-16-29(2)26(34)28-22(18)15-21(20)25(32)33/h8-9,13-15,27H,3-7,10-12,16H2,1-2H3,(H,28,34)(H,32,33). The van der Waals surface area contributed by atoms with E-state index >= 15 is 0 Å². The van der Waals surface area contributed by atoms with Gasteiger partial charge < -0.3 is 20.2 Å². The lowest BCUT2D eigenvalue weighted by Gasteiger charge is -2.27. The maximum Gasteiger partial charge on any atom is 0.336 e. The molecular formula is C26H32N4O5S. The first-order valence-electron chi connectivity index (χ1n) is 12.3. The molecule has 0 aliphatic carbocycles. The van der Waals surface area contributed by atoms with Gasteiger partial charge in [-0.25, -0.2) is 18.6 Å². The number of urea groups is 1. The smallest absolute Gasteiger partial charge is 0.336 e. The first-order chi connectivity index (χ1) is 17.1. The van der Waals surface area contributed by atoms with Crippen molar-refractivity contribution in [3.63, 3.8) is 0 Å². The van der Waals surface area contributed by atoms with Crippen molar-refractivity contribution in [2.24, 2.45) is 0 Å². The summed E-state index contributed by atoms with van der Waals surface area (Å²) < 4.78 is 21.5. The molecule has 0 radical (unpaired) electrons. The first kappa shape index (κ1) is 25.7. The van der Waals surface area contributed by atoms with Gasteiger partial charge in [0.05, 0.1) is 20.9 Å². The Labute approximate surface area is 211 Å². The van der Waals surface area contributed by atoms with Crippen LogP contribution in [0.5, 0.6) is 0 Å². The monoisotopic (exact) mass is 512 g/mol. The summed E-state index contributed by atoms with van der Waals surface area (Å²) in [6.07, 6.45) is 5.59. The van der Waals surface area contributed by atoms with E-state index < -0.39 is 21.6 Å². The number of aromatic carboxylic acids is 1. The Morgan fingerprint density at radius 1 is 1.08 bits per heavy atom. The maximum absolute atomic E-state index is 13.5. The molecular weight excluding hydrogens is 480 g/mol. The van der Waals surface area contributed by atoms with Crippen molar-refractivity contribution in [1.29, 1.82) is 4.78 Å². The van der Waals surface area contributed by atoms with Crippen molar-refractivity contribution in [1.82, 2.24) is 4.90 Å². The van der Waals surface area contributed by atoms with E-state index in [0.717, 1.165) is 37.7 Å². The number of hydrogen-bond donors (Lipinski definition) is 3. The molecule has 9 nitrogen and oxygen atoms in total. The number of hydrogen-bond acceptors (Lipinski definition) is 5. The summed E-state index contributed by atoms with van der Waals surface area (Å²) in [7, 11) is -1.30. The van der Waals surface area contributed by atoms with Crippen LogP contribution in [0.2, 0.25) is 0 Å². The topological polar surface area (TPSA) is 131 Å². The van der Waals surface area contributed by atoms with Crippen LogP contribution in [0, 0.1) is 4.78 Å². The lowest BCUT2D eigenvalue weighted by molar-refractivity contribution is 0.0692. The van der Waals surface area contributed by atoms with Gasteiger partial charge in [0.2, 0.25) is 0 Å². The zero-order valence-corrected chi connectivity index (χ0v) is 21.5. The normalized spacial score (nSPS) is 16.2. The van der Waals surface area contributed by atoms with Crippen LogP contribution < -0.4 is 10.2 Å². The van der Waals surface area contributed by atoms with Crippen LogP contribution in [0.15, 0.2) is 35.2 Å². The average molecular weight is 513 g/mol. The van der Waals surface area contributed by atoms with Crippen LogP contribution in [-0.2, 0) is 22.7 Å². The number of amides is 3. The minimum absolute atomic E-state index is 0.0547. The minimum Gasteiger partial charge on any atom is -0.478 e. The Bertz CT molecular complexity index is 1320. The van der Waals surface area contributed by atoms with Crippen molar-refractivity contribution in [3.8, 4) is 0 Å². The number of carboxylic acid groups (broad SMARTS) is 1. The molecule has 36 heavy (non-hydrogen) atoms. The Kier molecular flexibility index (Phi) is 7.35. The van der Waals surface area contributed by atoms with Crippen LogP contribution in [0.4, 0.5) is 16.2 Å². The molecule has 0 bridgehead atoms. The van der Waals surface area contributed by atoms with E-state index in [0.29, 0.717) is 40.6 Å². The molecule has 2 aromatic rings. The molecule has 2 aliphatic rings. The second kappa shape index (κ2) is 10.3. The number of carbonyl (C=O) groups excluding carboxylic acids is 2. The van der Waals surface area contributed by atoms with Crippen LogP contribution in [0.1, 0.15) is 70.9 Å². The number of fused-ring (bicyclic) bond motifs is 2. The van der Waals surface area contributed by atoms with Gasteiger partial charge >= 0.3 is 12.0 Å². The quantitative estimate of drug-likeness (QED) is 0.410. The summed E-state index contributed by atoms with van der Waals surface area (Å²) >= 11 is 0. The zero-order valence-electron chi connectivity index (χ0n) is 20.6. The predicted molar refractivity (Wildman–Crippen MR) is 138 cm³/mol. The van der Waals surface area contributed by atoms with Gasteiger partial charge in [0.15, 0.2) is 0 Å². The second-order valence-corrected chi connectivity index (χ2v) is 11.7. The summed E-state index contributed by atoms with van der Waals surface area (Å²) in [6, 6.07) is 7.67. The highest BCUT2D eigenvalue weighted by Gasteiger charge is 2.31. The third kappa shape index (κ3) is 5.09. The van der Waals surface area contributed by atoms with Gasteiger partial charge in [0, 0.05) is 42.2 Å². The van der Waals surface area contributed by atoms with Gasteiger partial charge in [0.1, 0.15) is 0 Å². The molecule has 2 heterocycles. The molecule has 1 atom stereocenters. The number of rotatable bonds is 9. The van der Waals surface area contributed by atoms with E-state index in [-0.39, 0.29) is 23.7 Å². The van der Waals surface area contributed by atoms with Crippen LogP contribution in [-0.4, -0.2) is 51.5 Å². The van der Waals surface area contributed by atoms with E-state index in [9.17, 15) is 23.7 Å². The van der Waals surface area contributed by atoms with Crippen LogP contribution in [0.3, 0.4) is 0 Å². The summed E-state index contributed by atoms with van der Waals surface area (Å²) in [5.41, 5.74) is 2.39. The number of benzene rings is 2. The highest BCUT2D eigenvalue weighted by atomic mass is 32.2. The fourth-order valence-corrected chi connectivity index (χ4v) is 6.22. The van der Waals surface area contributed by atoms with Crippen LogP contribution >= 0.6 is 0 Å². The van der Waals surface area contributed by atoms with Gasteiger partial charge in [-0.1, -0.05) is 32.6 Å². The largest absolute Gasteiger partial charge is 0.478 e. The molecule has 0 saturated carbocycles. The molecule has 1 unspecified atom stereocenters. The Hall–Kier alpha value is -3.40. The molecule has 0 saturated heterocycles. The molecule has 2 aliphatic heterocycles. The number of carboxylic acids is 1. The number of carbonyl (C=O) groups is 3. The highest BCUT2D eigenvalue weighted by molar-refractivity contribution is 7.92. The number of nitrogens with zero attached hydrogens (tertiary/aromatic N) is 2. The Morgan fingerprint density at radius 2 is 1.83 bits per heavy atom. The average Bonchev–Trinajstić information content (AvgIpc) is 3.27. The molecule has 192 valence electrons. The minimum atomic E-state index is -2.92. The van der Waals surface area contributed by atoms with E-state index in [2.05, 4.69) is 12.2 Å². The molecule has 3 amide bonds. The third-order valence-corrected chi connectivity index (χ3v) is 8.69. The SMILES string of the molecule is CCCCCCCS(=N)(=O)c1ccc2c(c1)CCN2C(=O)c1cc2c(cc1C(=O)O)NC(=O)N(C)C2. The van der Waals surface area contributed by atoms with Crippen molar-refractivity contribution in [3.05, 3.63) is 52.6 Å². The van der Waals surface area contributed by atoms with Crippen molar-refractivity contribution in [2.45, 2.75) is 56.9 Å². The number of unbranched alkanes of at least 4 members (excludes halogenated alkanes) is 4. The molecule has 0 aromatic heterocycles. The van der Waals surface area contributed by atoms with E-state index in [4.69, 9.17) is 4.78 Å². The number of nitrogens with one attached hydrogen (secondary N) is 2. The third-order valence-electron chi connectivity index (χ3n) is 6.81. The van der Waals surface area contributed by atoms with Gasteiger partial charge in [-0.2, -0.15) is 0 Å². The lowest BCUT2D eigenvalue weighted by atomic mass is 9.99. The molecule has 10 heteroatoms. The van der Waals surface area contributed by atoms with Gasteiger partial charge in [0.25, 0.3) is 5.91 Å². The fourth-order valence-electron chi connectivity index (χ4n) is 4.75. The highest BCUT2D eigenvalue weighted by Crippen LogP contribution is 2.34. The van der Waals surface area contributed by atoms with Crippen molar-refractivity contribution < 1.29 is 23.7 Å². The molecule has 0 fully saturated rings. The Morgan fingerprint density at radius 3 is 2.56 bits per heavy atom.